The molecule has 0 aliphatic carbocycles. The predicted octanol–water partition coefficient (Wildman–Crippen LogP) is 3.02. The minimum Gasteiger partial charge on any atom is -0.332 e. The summed E-state index contributed by atoms with van der Waals surface area (Å²) in [4.78, 5) is 6.87. The lowest BCUT2D eigenvalue weighted by atomic mass is 10.3. The lowest BCUT2D eigenvalue weighted by Crippen LogP contribution is -1.92. The molecule has 15 heavy (non-hydrogen) atoms. The highest BCUT2D eigenvalue weighted by molar-refractivity contribution is 9.11. The van der Waals surface area contributed by atoms with Crippen molar-refractivity contribution in [1.82, 2.24) is 9.97 Å². The van der Waals surface area contributed by atoms with Crippen molar-refractivity contribution < 1.29 is 8.42 Å². The number of hydrogen-bond donors (Lipinski definition) is 1. The minimum atomic E-state index is -3.78. The van der Waals surface area contributed by atoms with Crippen molar-refractivity contribution >= 4 is 62.6 Å². The Morgan fingerprint density at radius 1 is 1.33 bits per heavy atom. The van der Waals surface area contributed by atoms with Crippen LogP contribution in [0.25, 0.3) is 11.0 Å². The van der Waals surface area contributed by atoms with Gasteiger partial charge in [0, 0.05) is 15.2 Å². The molecule has 80 valence electrons. The van der Waals surface area contributed by atoms with Crippen molar-refractivity contribution in [3.05, 3.63) is 21.3 Å². The Hall–Kier alpha value is -0.110. The largest absolute Gasteiger partial charge is 0.332 e. The van der Waals surface area contributed by atoms with Gasteiger partial charge in [0.05, 0.1) is 5.52 Å². The minimum absolute atomic E-state index is 0.00989. The van der Waals surface area contributed by atoms with Gasteiger partial charge >= 0.3 is 0 Å². The first-order valence-corrected chi connectivity index (χ1v) is 7.57. The van der Waals surface area contributed by atoms with Crippen LogP contribution in [0.15, 0.2) is 26.2 Å². The van der Waals surface area contributed by atoms with Crippen LogP contribution < -0.4 is 0 Å². The summed E-state index contributed by atoms with van der Waals surface area (Å²) in [5, 5.41) is 0. The summed E-state index contributed by atoms with van der Waals surface area (Å²) in [7, 11) is 1.50. The third-order valence-electron chi connectivity index (χ3n) is 1.79. The molecule has 0 saturated heterocycles. The number of aromatic nitrogens is 2. The third kappa shape index (κ3) is 2.06. The molecule has 0 aliphatic rings. The zero-order chi connectivity index (χ0) is 11.2. The fraction of sp³-hybridized carbons (Fsp3) is 0. The summed E-state index contributed by atoms with van der Waals surface area (Å²) in [5.41, 5.74) is 0.898. The van der Waals surface area contributed by atoms with Gasteiger partial charge in [-0.25, -0.2) is 13.4 Å². The molecule has 8 heteroatoms. The Kier molecular flexibility index (Phi) is 2.83. The third-order valence-corrected chi connectivity index (χ3v) is 4.18. The molecule has 1 N–H and O–H groups in total. The van der Waals surface area contributed by atoms with E-state index in [0.29, 0.717) is 15.8 Å². The van der Waals surface area contributed by atoms with Crippen LogP contribution in [-0.4, -0.2) is 18.4 Å². The van der Waals surface area contributed by atoms with Gasteiger partial charge in [-0.05, 0) is 44.0 Å². The first-order valence-electron chi connectivity index (χ1n) is 3.68. The van der Waals surface area contributed by atoms with E-state index in [1.54, 1.807) is 6.07 Å². The fourth-order valence-electron chi connectivity index (χ4n) is 1.20. The van der Waals surface area contributed by atoms with E-state index < -0.39 is 9.05 Å². The number of nitrogens with zero attached hydrogens (tertiary/aromatic N) is 1. The van der Waals surface area contributed by atoms with Crippen LogP contribution in [0.2, 0.25) is 0 Å². The Labute approximate surface area is 107 Å². The van der Waals surface area contributed by atoms with E-state index in [4.69, 9.17) is 10.7 Å². The number of H-pyrrole nitrogens is 1. The van der Waals surface area contributed by atoms with E-state index in [1.807, 2.05) is 0 Å². The molecule has 0 fully saturated rings. The Morgan fingerprint density at radius 2 is 2.00 bits per heavy atom. The summed E-state index contributed by atoms with van der Waals surface area (Å²) in [6.07, 6.45) is 0. The molecular weight excluding hydrogens is 371 g/mol. The van der Waals surface area contributed by atoms with Crippen molar-refractivity contribution in [2.45, 2.75) is 4.90 Å². The number of hydrogen-bond acceptors (Lipinski definition) is 3. The molecule has 0 atom stereocenters. The molecule has 2 rings (SSSR count). The highest BCUT2D eigenvalue weighted by atomic mass is 79.9. The molecule has 0 aliphatic heterocycles. The molecule has 0 spiro atoms. The molecule has 0 unspecified atom stereocenters. The molecule has 0 amide bonds. The van der Waals surface area contributed by atoms with E-state index >= 15 is 0 Å². The Morgan fingerprint density at radius 3 is 2.60 bits per heavy atom. The highest BCUT2D eigenvalue weighted by Gasteiger charge is 2.18. The van der Waals surface area contributed by atoms with Crippen molar-refractivity contribution in [2.75, 3.05) is 0 Å². The predicted molar refractivity (Wildman–Crippen MR) is 64.5 cm³/mol. The lowest BCUT2D eigenvalue weighted by Gasteiger charge is -1.98. The summed E-state index contributed by atoms with van der Waals surface area (Å²) >= 11 is 6.42. The van der Waals surface area contributed by atoms with Gasteiger partial charge in [0.15, 0.2) is 4.73 Å². The number of rotatable bonds is 1. The molecular formula is C7H3Br2ClN2O2S. The first kappa shape index (κ1) is 11.4. The van der Waals surface area contributed by atoms with Crippen LogP contribution in [-0.2, 0) is 9.05 Å². The molecule has 0 saturated carbocycles. The maximum absolute atomic E-state index is 11.2. The lowest BCUT2D eigenvalue weighted by molar-refractivity contribution is 0.610. The SMILES string of the molecule is O=S(=O)(Cl)c1ccc(Br)c2[nH]c(Br)nc12. The van der Waals surface area contributed by atoms with Gasteiger partial charge in [-0.2, -0.15) is 0 Å². The summed E-state index contributed by atoms with van der Waals surface area (Å²) in [5.74, 6) is 0. The smallest absolute Gasteiger partial charge is 0.263 e. The van der Waals surface area contributed by atoms with Crippen LogP contribution in [0.3, 0.4) is 0 Å². The van der Waals surface area contributed by atoms with Crippen LogP contribution in [0.4, 0.5) is 0 Å². The van der Waals surface area contributed by atoms with Crippen LogP contribution in [0.1, 0.15) is 0 Å². The highest BCUT2D eigenvalue weighted by Crippen LogP contribution is 2.30. The van der Waals surface area contributed by atoms with Gasteiger partial charge in [-0.15, -0.1) is 0 Å². The van der Waals surface area contributed by atoms with Gasteiger partial charge in [0.1, 0.15) is 10.4 Å². The van der Waals surface area contributed by atoms with E-state index in [2.05, 4.69) is 41.8 Å². The van der Waals surface area contributed by atoms with Gasteiger partial charge < -0.3 is 4.98 Å². The maximum Gasteiger partial charge on any atom is 0.263 e. The topological polar surface area (TPSA) is 62.8 Å². The maximum atomic E-state index is 11.2. The number of halogens is 3. The van der Waals surface area contributed by atoms with E-state index in [9.17, 15) is 8.42 Å². The number of nitrogens with one attached hydrogen (secondary N) is 1. The molecule has 0 radical (unpaired) electrons. The molecule has 1 heterocycles. The van der Waals surface area contributed by atoms with Crippen molar-refractivity contribution in [1.29, 1.82) is 0 Å². The molecule has 2 aromatic rings. The van der Waals surface area contributed by atoms with Crippen LogP contribution in [0, 0.1) is 0 Å². The molecule has 4 nitrogen and oxygen atoms in total. The second-order valence-electron chi connectivity index (χ2n) is 2.73. The molecule has 1 aromatic heterocycles. The van der Waals surface area contributed by atoms with E-state index in [-0.39, 0.29) is 4.90 Å². The average Bonchev–Trinajstić information content (AvgIpc) is 2.45. The van der Waals surface area contributed by atoms with Crippen molar-refractivity contribution in [3.63, 3.8) is 0 Å². The van der Waals surface area contributed by atoms with Crippen LogP contribution >= 0.6 is 42.5 Å². The molecule has 0 bridgehead atoms. The number of benzene rings is 1. The summed E-state index contributed by atoms with van der Waals surface area (Å²) in [6, 6.07) is 3.00. The van der Waals surface area contributed by atoms with Gasteiger partial charge in [0.25, 0.3) is 9.05 Å². The van der Waals surface area contributed by atoms with E-state index in [0.717, 1.165) is 4.47 Å². The summed E-state index contributed by atoms with van der Waals surface area (Å²) < 4.78 is 23.7. The number of aromatic amines is 1. The van der Waals surface area contributed by atoms with Crippen LogP contribution in [0.5, 0.6) is 0 Å². The average molecular weight is 374 g/mol. The van der Waals surface area contributed by atoms with Crippen molar-refractivity contribution in [2.24, 2.45) is 0 Å². The fourth-order valence-corrected chi connectivity index (χ4v) is 2.98. The van der Waals surface area contributed by atoms with Gasteiger partial charge in [-0.3, -0.25) is 0 Å². The first-order chi connectivity index (χ1) is 6.89. The quantitative estimate of drug-likeness (QED) is 0.781. The normalized spacial score (nSPS) is 12.2. The summed E-state index contributed by atoms with van der Waals surface area (Å²) in [6.45, 7) is 0. The Balaban J connectivity index is 2.95. The van der Waals surface area contributed by atoms with E-state index in [1.165, 1.54) is 6.07 Å². The Bertz CT molecular complexity index is 638. The van der Waals surface area contributed by atoms with Gasteiger partial charge in [-0.1, -0.05) is 0 Å². The monoisotopic (exact) mass is 372 g/mol. The van der Waals surface area contributed by atoms with Gasteiger partial charge in [0.2, 0.25) is 0 Å². The standard InChI is InChI=1S/C7H3Br2ClN2O2S/c8-3-1-2-4(15(10,13)14)6-5(3)11-7(9)12-6/h1-2H,(H,11,12). The second-order valence-corrected chi connectivity index (χ2v) is 6.87. The second kappa shape index (κ2) is 3.73. The zero-order valence-corrected chi connectivity index (χ0v) is 11.7. The zero-order valence-electron chi connectivity index (χ0n) is 6.96. The molecule has 1 aromatic carbocycles. The number of imidazole rings is 1. The van der Waals surface area contributed by atoms with Crippen molar-refractivity contribution in [3.8, 4) is 0 Å². The number of fused-ring (bicyclic) bond motifs is 1.